The largest absolute Gasteiger partial charge is 0.375 e. The highest BCUT2D eigenvalue weighted by atomic mass is 19.1. The number of nitrogens with one attached hydrogen (secondary N) is 1. The van der Waals surface area contributed by atoms with Crippen molar-refractivity contribution in [1.29, 1.82) is 0 Å². The van der Waals surface area contributed by atoms with Crippen LogP contribution in [0.3, 0.4) is 0 Å². The fraction of sp³-hybridized carbons (Fsp3) is 0.273. The van der Waals surface area contributed by atoms with Gasteiger partial charge in [-0.1, -0.05) is 6.07 Å². The molecule has 0 radical (unpaired) electrons. The van der Waals surface area contributed by atoms with Gasteiger partial charge >= 0.3 is 0 Å². The zero-order valence-electron chi connectivity index (χ0n) is 16.6. The molecule has 1 unspecified atom stereocenters. The Kier molecular flexibility index (Phi) is 5.94. The van der Waals surface area contributed by atoms with Crippen LogP contribution in [0.2, 0.25) is 0 Å². The molecule has 1 atom stereocenters. The summed E-state index contributed by atoms with van der Waals surface area (Å²) in [5.74, 6) is 0.866. The highest BCUT2D eigenvalue weighted by Crippen LogP contribution is 2.29. The van der Waals surface area contributed by atoms with Crippen molar-refractivity contribution in [2.45, 2.75) is 12.3 Å². The Labute approximate surface area is 174 Å². The summed E-state index contributed by atoms with van der Waals surface area (Å²) in [6, 6.07) is 11.8. The Balaban J connectivity index is 1.65. The number of hydrogen-bond donors (Lipinski definition) is 1. The van der Waals surface area contributed by atoms with Crippen LogP contribution in [0, 0.1) is 5.82 Å². The van der Waals surface area contributed by atoms with E-state index in [1.54, 1.807) is 29.4 Å². The van der Waals surface area contributed by atoms with Crippen LogP contribution in [0.4, 0.5) is 15.9 Å². The van der Waals surface area contributed by atoms with Gasteiger partial charge in [0.25, 0.3) is 0 Å². The van der Waals surface area contributed by atoms with Crippen molar-refractivity contribution in [2.75, 3.05) is 32.1 Å². The lowest BCUT2D eigenvalue weighted by Crippen LogP contribution is -2.31. The number of methoxy groups -OCH3 is 1. The molecule has 3 aromatic rings. The lowest BCUT2D eigenvalue weighted by atomic mass is 10.1. The summed E-state index contributed by atoms with van der Waals surface area (Å²) in [5, 5.41) is 3.17. The minimum atomic E-state index is -0.327. The molecule has 1 aliphatic heterocycles. The Bertz CT molecular complexity index is 1030. The maximum Gasteiger partial charge on any atom is 0.248 e. The number of pyridine rings is 1. The highest BCUT2D eigenvalue weighted by molar-refractivity contribution is 5.77. The first-order valence-corrected chi connectivity index (χ1v) is 9.71. The molecular weight excluding hydrogens is 385 g/mol. The van der Waals surface area contributed by atoms with Crippen LogP contribution < -0.4 is 5.32 Å². The number of rotatable bonds is 6. The molecule has 8 heteroatoms. The van der Waals surface area contributed by atoms with E-state index in [-0.39, 0.29) is 24.2 Å². The van der Waals surface area contributed by atoms with E-state index in [0.717, 1.165) is 17.7 Å². The number of likely N-dealkylation sites (tertiary alicyclic amines) is 1. The van der Waals surface area contributed by atoms with Crippen molar-refractivity contribution in [3.63, 3.8) is 0 Å². The second kappa shape index (κ2) is 8.96. The molecule has 3 heterocycles. The van der Waals surface area contributed by atoms with Crippen LogP contribution in [-0.2, 0) is 9.53 Å². The van der Waals surface area contributed by atoms with Gasteiger partial charge in [-0.25, -0.2) is 14.4 Å². The molecule has 7 nitrogen and oxygen atoms in total. The summed E-state index contributed by atoms with van der Waals surface area (Å²) in [7, 11) is 1.51. The summed E-state index contributed by atoms with van der Waals surface area (Å²) in [6.07, 6.45) is 4.18. The van der Waals surface area contributed by atoms with Gasteiger partial charge in [-0.05, 0) is 36.8 Å². The van der Waals surface area contributed by atoms with E-state index in [0.29, 0.717) is 30.4 Å². The van der Waals surface area contributed by atoms with Gasteiger partial charge in [0.1, 0.15) is 24.1 Å². The number of benzene rings is 1. The molecule has 0 aliphatic carbocycles. The zero-order valence-corrected chi connectivity index (χ0v) is 16.6. The van der Waals surface area contributed by atoms with Crippen LogP contribution in [0.1, 0.15) is 18.2 Å². The molecule has 1 aliphatic rings. The van der Waals surface area contributed by atoms with Crippen molar-refractivity contribution in [3.05, 3.63) is 66.5 Å². The van der Waals surface area contributed by atoms with Gasteiger partial charge < -0.3 is 15.0 Å². The van der Waals surface area contributed by atoms with Crippen molar-refractivity contribution in [1.82, 2.24) is 19.9 Å². The first kappa shape index (κ1) is 19.9. The Morgan fingerprint density at radius 3 is 2.83 bits per heavy atom. The first-order chi connectivity index (χ1) is 14.6. The molecule has 0 bridgehead atoms. The van der Waals surface area contributed by atoms with Gasteiger partial charge in [-0.3, -0.25) is 9.78 Å². The van der Waals surface area contributed by atoms with E-state index >= 15 is 0 Å². The van der Waals surface area contributed by atoms with Crippen LogP contribution in [0.5, 0.6) is 0 Å². The average Bonchev–Trinajstić information content (AvgIpc) is 3.25. The first-order valence-electron chi connectivity index (χ1n) is 9.71. The fourth-order valence-corrected chi connectivity index (χ4v) is 3.51. The summed E-state index contributed by atoms with van der Waals surface area (Å²) in [4.78, 5) is 27.4. The molecule has 1 saturated heterocycles. The van der Waals surface area contributed by atoms with Crippen molar-refractivity contribution in [3.8, 4) is 11.3 Å². The molecule has 1 N–H and O–H groups in total. The van der Waals surface area contributed by atoms with E-state index in [9.17, 15) is 9.18 Å². The summed E-state index contributed by atoms with van der Waals surface area (Å²) in [5.41, 5.74) is 2.24. The van der Waals surface area contributed by atoms with E-state index < -0.39 is 0 Å². The van der Waals surface area contributed by atoms with E-state index in [2.05, 4.69) is 15.3 Å². The number of carbonyl (C=O) groups excluding carboxylic acids is 1. The van der Waals surface area contributed by atoms with Gasteiger partial charge in [0.15, 0.2) is 0 Å². The van der Waals surface area contributed by atoms with E-state index in [1.807, 2.05) is 18.2 Å². The predicted octanol–water partition coefficient (Wildman–Crippen LogP) is 3.38. The van der Waals surface area contributed by atoms with Crippen molar-refractivity contribution < 1.29 is 13.9 Å². The maximum atomic E-state index is 13.6. The normalized spacial score (nSPS) is 15.9. The Morgan fingerprint density at radius 2 is 2.07 bits per heavy atom. The van der Waals surface area contributed by atoms with Crippen LogP contribution in [-0.4, -0.2) is 52.6 Å². The third-order valence-corrected chi connectivity index (χ3v) is 4.99. The van der Waals surface area contributed by atoms with Crippen LogP contribution in [0.25, 0.3) is 11.3 Å². The molecule has 1 fully saturated rings. The number of halogens is 1. The molecule has 1 aromatic carbocycles. The SMILES string of the molecule is COCC(=O)N1CCC(c2nc(Nc3cccc(F)c3)cc(-c3ccncc3)n2)C1. The van der Waals surface area contributed by atoms with Gasteiger partial charge in [0.05, 0.1) is 5.69 Å². The minimum Gasteiger partial charge on any atom is -0.375 e. The molecule has 1 amide bonds. The number of aromatic nitrogens is 3. The van der Waals surface area contributed by atoms with Crippen LogP contribution in [0.15, 0.2) is 54.9 Å². The average molecular weight is 407 g/mol. The van der Waals surface area contributed by atoms with E-state index in [4.69, 9.17) is 9.72 Å². The van der Waals surface area contributed by atoms with Gasteiger partial charge in [-0.15, -0.1) is 0 Å². The number of nitrogens with zero attached hydrogens (tertiary/aromatic N) is 4. The van der Waals surface area contributed by atoms with E-state index in [1.165, 1.54) is 19.2 Å². The quantitative estimate of drug-likeness (QED) is 0.675. The molecule has 2 aromatic heterocycles. The Morgan fingerprint density at radius 1 is 1.23 bits per heavy atom. The van der Waals surface area contributed by atoms with Crippen LogP contribution >= 0.6 is 0 Å². The smallest absolute Gasteiger partial charge is 0.248 e. The summed E-state index contributed by atoms with van der Waals surface area (Å²) >= 11 is 0. The number of amides is 1. The number of carbonyl (C=O) groups is 1. The molecule has 154 valence electrons. The lowest BCUT2D eigenvalue weighted by Gasteiger charge is -2.16. The third-order valence-electron chi connectivity index (χ3n) is 4.99. The molecule has 30 heavy (non-hydrogen) atoms. The zero-order chi connectivity index (χ0) is 20.9. The minimum absolute atomic E-state index is 0.0145. The third kappa shape index (κ3) is 4.60. The monoisotopic (exact) mass is 407 g/mol. The second-order valence-corrected chi connectivity index (χ2v) is 7.13. The Hall–Kier alpha value is -3.39. The number of ether oxygens (including phenoxy) is 1. The summed E-state index contributed by atoms with van der Waals surface area (Å²) in [6.45, 7) is 1.25. The molecule has 4 rings (SSSR count). The van der Waals surface area contributed by atoms with Gasteiger partial charge in [0.2, 0.25) is 5.91 Å². The standard InChI is InChI=1S/C22H22FN5O2/c1-30-14-21(29)28-10-7-16(13-28)22-26-19(15-5-8-24-9-6-15)12-20(27-22)25-18-4-2-3-17(23)11-18/h2-6,8-9,11-12,16H,7,10,13-14H2,1H3,(H,25,26,27). The topological polar surface area (TPSA) is 80.2 Å². The molecule has 0 saturated carbocycles. The summed E-state index contributed by atoms with van der Waals surface area (Å²) < 4.78 is 18.6. The molecular formula is C22H22FN5O2. The van der Waals surface area contributed by atoms with Gasteiger partial charge in [0, 0.05) is 55.8 Å². The maximum absolute atomic E-state index is 13.6. The highest BCUT2D eigenvalue weighted by Gasteiger charge is 2.29. The number of hydrogen-bond acceptors (Lipinski definition) is 6. The lowest BCUT2D eigenvalue weighted by molar-refractivity contribution is -0.134. The second-order valence-electron chi connectivity index (χ2n) is 7.13. The fourth-order valence-electron chi connectivity index (χ4n) is 3.51. The molecule has 0 spiro atoms. The number of anilines is 2. The van der Waals surface area contributed by atoms with Crippen molar-refractivity contribution >= 4 is 17.4 Å². The van der Waals surface area contributed by atoms with Gasteiger partial charge in [-0.2, -0.15) is 0 Å². The predicted molar refractivity (Wildman–Crippen MR) is 111 cm³/mol. The van der Waals surface area contributed by atoms with Crippen molar-refractivity contribution in [2.24, 2.45) is 0 Å².